The monoisotopic (exact) mass is 253 g/mol. The summed E-state index contributed by atoms with van der Waals surface area (Å²) in [4.78, 5) is 2.16. The summed E-state index contributed by atoms with van der Waals surface area (Å²) >= 11 is 6.13. The van der Waals surface area contributed by atoms with Crippen LogP contribution in [0.5, 0.6) is 0 Å². The molecule has 1 aliphatic rings. The average Bonchev–Trinajstić information content (AvgIpc) is 2.68. The van der Waals surface area contributed by atoms with E-state index < -0.39 is 5.60 Å². The second-order valence-electron chi connectivity index (χ2n) is 5.20. The van der Waals surface area contributed by atoms with Gasteiger partial charge in [0.2, 0.25) is 0 Å². The highest BCUT2D eigenvalue weighted by Gasteiger charge is 2.32. The molecule has 1 aromatic carbocycles. The average molecular weight is 254 g/mol. The van der Waals surface area contributed by atoms with E-state index in [2.05, 4.69) is 4.90 Å². The van der Waals surface area contributed by atoms with Crippen molar-refractivity contribution in [3.8, 4) is 0 Å². The van der Waals surface area contributed by atoms with Crippen LogP contribution in [0.3, 0.4) is 0 Å². The van der Waals surface area contributed by atoms with Gasteiger partial charge in [0.1, 0.15) is 0 Å². The molecule has 94 valence electrons. The van der Waals surface area contributed by atoms with Crippen LogP contribution in [-0.4, -0.2) is 29.2 Å². The molecule has 17 heavy (non-hydrogen) atoms. The number of halogens is 1. The summed E-state index contributed by atoms with van der Waals surface area (Å²) in [5, 5.41) is 11.1. The maximum absolute atomic E-state index is 10.3. The van der Waals surface area contributed by atoms with Crippen molar-refractivity contribution >= 4 is 11.6 Å². The number of benzene rings is 1. The Morgan fingerprint density at radius 3 is 2.59 bits per heavy atom. The molecule has 0 aliphatic heterocycles. The summed E-state index contributed by atoms with van der Waals surface area (Å²) in [6.45, 7) is 1.53. The van der Waals surface area contributed by atoms with E-state index in [0.717, 1.165) is 49.4 Å². The second-order valence-corrected chi connectivity index (χ2v) is 5.60. The molecule has 1 aliphatic carbocycles. The molecule has 3 heteroatoms. The van der Waals surface area contributed by atoms with Crippen LogP contribution < -0.4 is 0 Å². The molecule has 0 spiro atoms. The Balaban J connectivity index is 1.93. The molecule has 1 N–H and O–H groups in total. The van der Waals surface area contributed by atoms with Gasteiger partial charge in [0, 0.05) is 18.1 Å². The van der Waals surface area contributed by atoms with Crippen molar-refractivity contribution in [2.75, 3.05) is 13.6 Å². The molecule has 0 bridgehead atoms. The van der Waals surface area contributed by atoms with Crippen LogP contribution in [0.1, 0.15) is 31.2 Å². The highest BCUT2D eigenvalue weighted by molar-refractivity contribution is 6.31. The summed E-state index contributed by atoms with van der Waals surface area (Å²) in [5.41, 5.74) is 0.647. The summed E-state index contributed by atoms with van der Waals surface area (Å²) in [5.74, 6) is 0. The van der Waals surface area contributed by atoms with Crippen LogP contribution in [0.15, 0.2) is 24.3 Å². The Hall–Kier alpha value is -0.570. The summed E-state index contributed by atoms with van der Waals surface area (Å²) in [6, 6.07) is 7.89. The molecule has 0 unspecified atom stereocenters. The first-order valence-corrected chi connectivity index (χ1v) is 6.61. The fraction of sp³-hybridized carbons (Fsp3) is 0.571. The predicted molar refractivity (Wildman–Crippen MR) is 71.2 cm³/mol. The third-order valence-electron chi connectivity index (χ3n) is 3.50. The normalized spacial score (nSPS) is 18.8. The third-order valence-corrected chi connectivity index (χ3v) is 3.87. The Bertz CT molecular complexity index is 374. The predicted octanol–water partition coefficient (Wildman–Crippen LogP) is 3.08. The van der Waals surface area contributed by atoms with Gasteiger partial charge in [0.05, 0.1) is 5.60 Å². The number of nitrogens with zero attached hydrogens (tertiary/aromatic N) is 1. The second kappa shape index (κ2) is 5.38. The fourth-order valence-electron chi connectivity index (χ4n) is 2.67. The van der Waals surface area contributed by atoms with Gasteiger partial charge in [0.15, 0.2) is 0 Å². The molecule has 1 saturated carbocycles. The van der Waals surface area contributed by atoms with E-state index >= 15 is 0 Å². The molecule has 1 aromatic rings. The molecule has 2 nitrogen and oxygen atoms in total. The number of rotatable bonds is 4. The topological polar surface area (TPSA) is 23.5 Å². The Labute approximate surface area is 108 Å². The molecule has 1 fully saturated rings. The van der Waals surface area contributed by atoms with E-state index in [1.54, 1.807) is 0 Å². The standard InChI is InChI=1S/C14H20ClNO/c1-16(11-14(17)8-4-5-9-14)10-12-6-2-3-7-13(12)15/h2-3,6-7,17H,4-5,8-11H2,1H3. The van der Waals surface area contributed by atoms with E-state index in [-0.39, 0.29) is 0 Å². The zero-order valence-corrected chi connectivity index (χ0v) is 11.1. The first-order valence-electron chi connectivity index (χ1n) is 6.23. The lowest BCUT2D eigenvalue weighted by Crippen LogP contribution is -2.38. The first-order chi connectivity index (χ1) is 8.09. The quantitative estimate of drug-likeness (QED) is 0.892. The number of likely N-dealkylation sites (N-methyl/N-ethyl adjacent to an activating group) is 1. The van der Waals surface area contributed by atoms with Gasteiger partial charge < -0.3 is 5.11 Å². The highest BCUT2D eigenvalue weighted by Crippen LogP contribution is 2.30. The van der Waals surface area contributed by atoms with Gasteiger partial charge in [-0.25, -0.2) is 0 Å². The van der Waals surface area contributed by atoms with Crippen molar-refractivity contribution in [3.63, 3.8) is 0 Å². The van der Waals surface area contributed by atoms with Crippen LogP contribution in [0.2, 0.25) is 5.02 Å². The fourth-order valence-corrected chi connectivity index (χ4v) is 2.86. The zero-order valence-electron chi connectivity index (χ0n) is 10.3. The lowest BCUT2D eigenvalue weighted by Gasteiger charge is -2.28. The van der Waals surface area contributed by atoms with Crippen LogP contribution in [-0.2, 0) is 6.54 Å². The van der Waals surface area contributed by atoms with Crippen molar-refractivity contribution in [3.05, 3.63) is 34.9 Å². The van der Waals surface area contributed by atoms with E-state index in [0.29, 0.717) is 0 Å². The van der Waals surface area contributed by atoms with E-state index in [1.807, 2.05) is 31.3 Å². The minimum absolute atomic E-state index is 0.476. The third kappa shape index (κ3) is 3.44. The van der Waals surface area contributed by atoms with Crippen LogP contribution in [0.4, 0.5) is 0 Å². The van der Waals surface area contributed by atoms with Crippen LogP contribution in [0, 0.1) is 0 Å². The van der Waals surface area contributed by atoms with E-state index in [4.69, 9.17) is 11.6 Å². The van der Waals surface area contributed by atoms with Crippen LogP contribution >= 0.6 is 11.6 Å². The number of aliphatic hydroxyl groups is 1. The Morgan fingerprint density at radius 2 is 1.94 bits per heavy atom. The minimum Gasteiger partial charge on any atom is -0.389 e. The van der Waals surface area contributed by atoms with Gasteiger partial charge in [-0.15, -0.1) is 0 Å². The Morgan fingerprint density at radius 1 is 1.29 bits per heavy atom. The molecular weight excluding hydrogens is 234 g/mol. The SMILES string of the molecule is CN(Cc1ccccc1Cl)CC1(O)CCCC1. The van der Waals surface area contributed by atoms with Gasteiger partial charge >= 0.3 is 0 Å². The molecule has 0 radical (unpaired) electrons. The lowest BCUT2D eigenvalue weighted by molar-refractivity contribution is 0.0145. The smallest absolute Gasteiger partial charge is 0.0774 e. The van der Waals surface area contributed by atoms with Gasteiger partial charge in [0.25, 0.3) is 0 Å². The van der Waals surface area contributed by atoms with Crippen LogP contribution in [0.25, 0.3) is 0 Å². The first kappa shape index (κ1) is 12.9. The van der Waals surface area contributed by atoms with Gasteiger partial charge in [-0.3, -0.25) is 4.90 Å². The highest BCUT2D eigenvalue weighted by atomic mass is 35.5. The molecule has 0 atom stereocenters. The van der Waals surface area contributed by atoms with Crippen molar-refractivity contribution in [1.82, 2.24) is 4.90 Å². The van der Waals surface area contributed by atoms with Crippen molar-refractivity contribution in [2.45, 2.75) is 37.8 Å². The molecule has 0 aromatic heterocycles. The number of hydrogen-bond acceptors (Lipinski definition) is 2. The summed E-state index contributed by atoms with van der Waals surface area (Å²) in [6.07, 6.45) is 4.16. The largest absolute Gasteiger partial charge is 0.389 e. The molecule has 2 rings (SSSR count). The molecule has 0 amide bonds. The lowest BCUT2D eigenvalue weighted by atomic mass is 10.0. The van der Waals surface area contributed by atoms with Crippen molar-refractivity contribution < 1.29 is 5.11 Å². The maximum atomic E-state index is 10.3. The Kier molecular flexibility index (Phi) is 4.08. The van der Waals surface area contributed by atoms with Gasteiger partial charge in [-0.1, -0.05) is 42.6 Å². The molecule has 0 saturated heterocycles. The maximum Gasteiger partial charge on any atom is 0.0774 e. The van der Waals surface area contributed by atoms with Crippen molar-refractivity contribution in [1.29, 1.82) is 0 Å². The van der Waals surface area contributed by atoms with Gasteiger partial charge in [-0.2, -0.15) is 0 Å². The minimum atomic E-state index is -0.476. The van der Waals surface area contributed by atoms with E-state index in [1.165, 1.54) is 0 Å². The van der Waals surface area contributed by atoms with Crippen molar-refractivity contribution in [2.24, 2.45) is 0 Å². The zero-order chi connectivity index (χ0) is 12.3. The van der Waals surface area contributed by atoms with Gasteiger partial charge in [-0.05, 0) is 31.5 Å². The summed E-state index contributed by atoms with van der Waals surface area (Å²) in [7, 11) is 2.04. The molecular formula is C14H20ClNO. The van der Waals surface area contributed by atoms with E-state index in [9.17, 15) is 5.11 Å². The molecule has 0 heterocycles. The summed E-state index contributed by atoms with van der Waals surface area (Å²) < 4.78 is 0. The number of hydrogen-bond donors (Lipinski definition) is 1.